The normalized spacial score (nSPS) is 23.3. The van der Waals surface area contributed by atoms with Crippen LogP contribution in [0.15, 0.2) is 4.42 Å². The van der Waals surface area contributed by atoms with Crippen LogP contribution in [0.4, 0.5) is 0 Å². The molecule has 2 fully saturated rings. The highest BCUT2D eigenvalue weighted by atomic mass is 16.5. The fourth-order valence-electron chi connectivity index (χ4n) is 3.25. The van der Waals surface area contributed by atoms with E-state index in [4.69, 9.17) is 9.15 Å². The number of piperidine rings is 1. The second kappa shape index (κ2) is 8.09. The number of likely N-dealkylation sites (tertiary alicyclic amines) is 1. The number of nitrogens with zero attached hydrogens (tertiary/aromatic N) is 2. The Hall–Kier alpha value is -1.44. The van der Waals surface area contributed by atoms with Crippen LogP contribution in [0.1, 0.15) is 30.2 Å². The van der Waals surface area contributed by atoms with E-state index in [1.54, 1.807) is 0 Å². The van der Waals surface area contributed by atoms with E-state index in [1.807, 2.05) is 13.8 Å². The molecule has 2 aliphatic rings. The van der Waals surface area contributed by atoms with E-state index in [2.05, 4.69) is 20.5 Å². The molecule has 2 aliphatic heterocycles. The number of morpholine rings is 1. The van der Waals surface area contributed by atoms with Crippen LogP contribution in [0.25, 0.3) is 0 Å². The number of amides is 1. The van der Waals surface area contributed by atoms with Crippen LogP contribution in [-0.2, 0) is 16.1 Å². The highest BCUT2D eigenvalue weighted by Gasteiger charge is 2.24. The molecule has 7 nitrogen and oxygen atoms in total. The Morgan fingerprint density at radius 2 is 2.17 bits per heavy atom. The maximum atomic E-state index is 12.1. The zero-order chi connectivity index (χ0) is 16.9. The van der Waals surface area contributed by atoms with Crippen molar-refractivity contribution >= 4 is 5.91 Å². The molecule has 1 aromatic heterocycles. The molecule has 7 heteroatoms. The Kier molecular flexibility index (Phi) is 5.86. The number of ether oxygens (including phenoxy) is 1. The largest absolute Gasteiger partial charge is 0.444 e. The molecule has 0 aromatic carbocycles. The molecule has 0 radical (unpaired) electrons. The maximum absolute atomic E-state index is 12.1. The highest BCUT2D eigenvalue weighted by molar-refractivity contribution is 5.81. The van der Waals surface area contributed by atoms with Gasteiger partial charge in [-0.25, -0.2) is 4.98 Å². The minimum Gasteiger partial charge on any atom is -0.444 e. The van der Waals surface area contributed by atoms with E-state index in [-0.39, 0.29) is 11.9 Å². The Balaban J connectivity index is 1.36. The second-order valence-corrected chi connectivity index (χ2v) is 6.80. The molecule has 2 N–H and O–H groups in total. The molecular weight excluding hydrogens is 308 g/mol. The van der Waals surface area contributed by atoms with Crippen molar-refractivity contribution in [2.24, 2.45) is 5.92 Å². The maximum Gasteiger partial charge on any atom is 0.239 e. The molecule has 0 spiro atoms. The van der Waals surface area contributed by atoms with Crippen LogP contribution in [0, 0.1) is 19.8 Å². The first-order chi connectivity index (χ1) is 11.6. The Labute approximate surface area is 143 Å². The predicted molar refractivity (Wildman–Crippen MR) is 89.6 cm³/mol. The molecule has 3 heterocycles. The minimum absolute atomic E-state index is 0.0582. The van der Waals surface area contributed by atoms with Gasteiger partial charge in [-0.1, -0.05) is 0 Å². The lowest BCUT2D eigenvalue weighted by Crippen LogP contribution is -2.52. The van der Waals surface area contributed by atoms with Gasteiger partial charge in [0.25, 0.3) is 0 Å². The number of carbonyl (C=O) groups is 1. The van der Waals surface area contributed by atoms with Gasteiger partial charge in [0.2, 0.25) is 11.8 Å². The van der Waals surface area contributed by atoms with Crippen LogP contribution in [0.3, 0.4) is 0 Å². The molecule has 1 atom stereocenters. The number of carbonyl (C=O) groups excluding carboxylic acids is 1. The summed E-state index contributed by atoms with van der Waals surface area (Å²) >= 11 is 0. The van der Waals surface area contributed by atoms with E-state index >= 15 is 0 Å². The lowest BCUT2D eigenvalue weighted by Gasteiger charge is -2.31. The summed E-state index contributed by atoms with van der Waals surface area (Å²) in [5.74, 6) is 2.31. The summed E-state index contributed by atoms with van der Waals surface area (Å²) < 4.78 is 11.0. The van der Waals surface area contributed by atoms with E-state index in [0.717, 1.165) is 62.9 Å². The lowest BCUT2D eigenvalue weighted by molar-refractivity contribution is -0.126. The van der Waals surface area contributed by atoms with E-state index in [9.17, 15) is 4.79 Å². The van der Waals surface area contributed by atoms with Crippen molar-refractivity contribution in [3.05, 3.63) is 17.3 Å². The van der Waals surface area contributed by atoms with Crippen molar-refractivity contribution in [3.8, 4) is 0 Å². The molecule has 0 bridgehead atoms. The fourth-order valence-corrected chi connectivity index (χ4v) is 3.25. The first-order valence-electron chi connectivity index (χ1n) is 8.86. The molecule has 0 saturated carbocycles. The summed E-state index contributed by atoms with van der Waals surface area (Å²) in [6, 6.07) is -0.199. The van der Waals surface area contributed by atoms with Gasteiger partial charge in [0.1, 0.15) is 11.8 Å². The fraction of sp³-hybridized carbons (Fsp3) is 0.765. The molecule has 1 amide bonds. The summed E-state index contributed by atoms with van der Waals surface area (Å²) in [5.41, 5.74) is 0.975. The van der Waals surface area contributed by atoms with Gasteiger partial charge in [0.15, 0.2) is 0 Å². The SMILES string of the molecule is Cc1nc(CN2CCC(CNC(=O)C3COCCN3)CC2)oc1C. The molecule has 2 saturated heterocycles. The number of hydrogen-bond acceptors (Lipinski definition) is 6. The number of oxazole rings is 1. The van der Waals surface area contributed by atoms with Crippen molar-refractivity contribution < 1.29 is 13.9 Å². The third kappa shape index (κ3) is 4.55. The summed E-state index contributed by atoms with van der Waals surface area (Å²) in [7, 11) is 0. The number of aromatic nitrogens is 1. The summed E-state index contributed by atoms with van der Waals surface area (Å²) in [6.07, 6.45) is 2.18. The van der Waals surface area contributed by atoms with Gasteiger partial charge in [-0.05, 0) is 45.7 Å². The van der Waals surface area contributed by atoms with Gasteiger partial charge in [-0.15, -0.1) is 0 Å². The first kappa shape index (κ1) is 17.4. The average Bonchev–Trinajstić information content (AvgIpc) is 2.92. The van der Waals surface area contributed by atoms with Gasteiger partial charge in [0, 0.05) is 13.1 Å². The standard InChI is InChI=1S/C17H28N4O3/c1-12-13(2)24-16(20-12)10-21-6-3-14(4-7-21)9-19-17(22)15-11-23-8-5-18-15/h14-15,18H,3-11H2,1-2H3,(H,19,22). The van der Waals surface area contributed by atoms with Gasteiger partial charge in [0.05, 0.1) is 25.5 Å². The first-order valence-corrected chi connectivity index (χ1v) is 8.86. The Bertz CT molecular complexity index is 527. The Morgan fingerprint density at radius 3 is 2.79 bits per heavy atom. The molecule has 3 rings (SSSR count). The third-order valence-corrected chi connectivity index (χ3v) is 4.94. The number of aryl methyl sites for hydroxylation is 2. The van der Waals surface area contributed by atoms with Crippen molar-refractivity contribution in [1.82, 2.24) is 20.5 Å². The molecule has 0 aliphatic carbocycles. The highest BCUT2D eigenvalue weighted by Crippen LogP contribution is 2.19. The van der Waals surface area contributed by atoms with Gasteiger partial charge >= 0.3 is 0 Å². The second-order valence-electron chi connectivity index (χ2n) is 6.80. The number of nitrogens with one attached hydrogen (secondary N) is 2. The monoisotopic (exact) mass is 336 g/mol. The van der Waals surface area contributed by atoms with E-state index in [0.29, 0.717) is 19.1 Å². The van der Waals surface area contributed by atoms with Crippen molar-refractivity contribution in [2.45, 2.75) is 39.3 Å². The van der Waals surface area contributed by atoms with Crippen LogP contribution in [0.5, 0.6) is 0 Å². The molecule has 24 heavy (non-hydrogen) atoms. The number of hydrogen-bond donors (Lipinski definition) is 2. The lowest BCUT2D eigenvalue weighted by atomic mass is 9.96. The van der Waals surface area contributed by atoms with Gasteiger partial charge < -0.3 is 19.8 Å². The van der Waals surface area contributed by atoms with Crippen molar-refractivity contribution in [1.29, 1.82) is 0 Å². The number of rotatable bonds is 5. The predicted octanol–water partition coefficient (Wildman–Crippen LogP) is 0.608. The summed E-state index contributed by atoms with van der Waals surface area (Å²) in [5, 5.41) is 6.25. The zero-order valence-corrected chi connectivity index (χ0v) is 14.6. The van der Waals surface area contributed by atoms with E-state index < -0.39 is 0 Å². The van der Waals surface area contributed by atoms with Crippen LogP contribution < -0.4 is 10.6 Å². The van der Waals surface area contributed by atoms with Gasteiger partial charge in [-0.3, -0.25) is 9.69 Å². The van der Waals surface area contributed by atoms with Gasteiger partial charge in [-0.2, -0.15) is 0 Å². The molecular formula is C17H28N4O3. The summed E-state index contributed by atoms with van der Waals surface area (Å²) in [6.45, 7) is 9.40. The van der Waals surface area contributed by atoms with Crippen LogP contribution in [0.2, 0.25) is 0 Å². The molecule has 134 valence electrons. The van der Waals surface area contributed by atoms with E-state index in [1.165, 1.54) is 0 Å². The topological polar surface area (TPSA) is 79.6 Å². The van der Waals surface area contributed by atoms with Crippen molar-refractivity contribution in [3.63, 3.8) is 0 Å². The summed E-state index contributed by atoms with van der Waals surface area (Å²) in [4.78, 5) is 18.9. The average molecular weight is 336 g/mol. The van der Waals surface area contributed by atoms with Crippen LogP contribution >= 0.6 is 0 Å². The zero-order valence-electron chi connectivity index (χ0n) is 14.6. The van der Waals surface area contributed by atoms with Crippen molar-refractivity contribution in [2.75, 3.05) is 39.4 Å². The molecule has 1 unspecified atom stereocenters. The molecule has 1 aromatic rings. The smallest absolute Gasteiger partial charge is 0.239 e. The quantitative estimate of drug-likeness (QED) is 0.820. The third-order valence-electron chi connectivity index (χ3n) is 4.94. The van der Waals surface area contributed by atoms with Crippen LogP contribution in [-0.4, -0.2) is 61.2 Å². The minimum atomic E-state index is -0.199. The Morgan fingerprint density at radius 1 is 1.38 bits per heavy atom.